The summed E-state index contributed by atoms with van der Waals surface area (Å²) < 4.78 is 2.18. The molecule has 1 saturated heterocycles. The third-order valence-corrected chi connectivity index (χ3v) is 4.73. The van der Waals surface area contributed by atoms with Gasteiger partial charge >= 0.3 is 0 Å². The van der Waals surface area contributed by atoms with E-state index >= 15 is 0 Å². The van der Waals surface area contributed by atoms with Crippen LogP contribution in [-0.2, 0) is 11.3 Å². The number of carbonyl (C=O) groups is 1. The van der Waals surface area contributed by atoms with Crippen LogP contribution in [0.15, 0.2) is 18.3 Å². The molecule has 0 N–H and O–H groups in total. The number of rotatable bonds is 4. The van der Waals surface area contributed by atoms with Gasteiger partial charge in [0, 0.05) is 45.3 Å². The molecule has 1 aliphatic heterocycles. The molecule has 0 spiro atoms. The number of hydrogen-bond acceptors (Lipinski definition) is 4. The molecular weight excluding hydrogens is 308 g/mol. The molecule has 3 rings (SSSR count). The van der Waals surface area contributed by atoms with Gasteiger partial charge in [0.2, 0.25) is 5.91 Å². The van der Waals surface area contributed by atoms with Gasteiger partial charge in [-0.3, -0.25) is 9.69 Å². The Morgan fingerprint density at radius 1 is 1.26 bits per heavy atom. The monoisotopic (exact) mass is 332 g/mol. The Bertz CT molecular complexity index is 704. The van der Waals surface area contributed by atoms with Crippen molar-refractivity contribution in [1.82, 2.24) is 19.2 Å². The number of piperazine rings is 1. The van der Waals surface area contributed by atoms with E-state index in [1.807, 2.05) is 4.90 Å². The first-order valence-electron chi connectivity index (χ1n) is 8.13. The lowest BCUT2D eigenvalue weighted by Gasteiger charge is -2.34. The Morgan fingerprint density at radius 3 is 2.70 bits per heavy atom. The second kappa shape index (κ2) is 6.93. The molecule has 5 nitrogen and oxygen atoms in total. The first kappa shape index (κ1) is 16.3. The van der Waals surface area contributed by atoms with Crippen LogP contribution in [0.5, 0.6) is 0 Å². The molecule has 0 unspecified atom stereocenters. The zero-order chi connectivity index (χ0) is 16.4. The van der Waals surface area contributed by atoms with Crippen molar-refractivity contribution in [3.8, 4) is 0 Å². The van der Waals surface area contributed by atoms with E-state index in [-0.39, 0.29) is 5.91 Å². The topological polar surface area (TPSA) is 40.9 Å². The van der Waals surface area contributed by atoms with Crippen molar-refractivity contribution in [3.05, 3.63) is 35.3 Å². The summed E-state index contributed by atoms with van der Waals surface area (Å²) in [4.78, 5) is 21.0. The maximum Gasteiger partial charge on any atom is 0.223 e. The van der Waals surface area contributed by atoms with Gasteiger partial charge < -0.3 is 9.30 Å². The van der Waals surface area contributed by atoms with Crippen LogP contribution in [0.3, 0.4) is 0 Å². The van der Waals surface area contributed by atoms with Crippen molar-refractivity contribution in [1.29, 1.82) is 0 Å². The quantitative estimate of drug-likeness (QED) is 0.870. The van der Waals surface area contributed by atoms with E-state index in [4.69, 9.17) is 0 Å². The van der Waals surface area contributed by atoms with Crippen LogP contribution < -0.4 is 0 Å². The van der Waals surface area contributed by atoms with E-state index in [0.29, 0.717) is 12.2 Å². The van der Waals surface area contributed by atoms with E-state index in [1.54, 1.807) is 0 Å². The molecule has 23 heavy (non-hydrogen) atoms. The first-order valence-corrected chi connectivity index (χ1v) is 8.77. The van der Waals surface area contributed by atoms with E-state index in [9.17, 15) is 4.79 Å². The fourth-order valence-corrected chi connectivity index (χ4v) is 3.32. The number of fused-ring (bicyclic) bond motifs is 1. The average molecular weight is 332 g/mol. The molecule has 0 atom stereocenters. The minimum atomic E-state index is 0.223. The Morgan fingerprint density at radius 2 is 2.00 bits per heavy atom. The lowest BCUT2D eigenvalue weighted by molar-refractivity contribution is -0.132. The molecule has 0 radical (unpaired) electrons. The predicted molar refractivity (Wildman–Crippen MR) is 95.0 cm³/mol. The highest BCUT2D eigenvalue weighted by atomic mass is 32.1. The van der Waals surface area contributed by atoms with Crippen LogP contribution in [0.25, 0.3) is 5.65 Å². The van der Waals surface area contributed by atoms with Gasteiger partial charge in [-0.1, -0.05) is 0 Å². The van der Waals surface area contributed by atoms with Crippen molar-refractivity contribution in [2.75, 3.05) is 31.9 Å². The molecule has 0 aliphatic carbocycles. The number of aromatic nitrogens is 2. The lowest BCUT2D eigenvalue weighted by atomic mass is 10.2. The van der Waals surface area contributed by atoms with Gasteiger partial charge in [0.15, 0.2) is 0 Å². The molecule has 0 bridgehead atoms. The Hall–Kier alpha value is -1.53. The lowest BCUT2D eigenvalue weighted by Crippen LogP contribution is -2.48. The SMILES string of the molecule is Cc1ccn2c(CN3CCN(C(=O)CCS)CC3)c(C)nc2c1. The van der Waals surface area contributed by atoms with Crippen LogP contribution in [0.4, 0.5) is 0 Å². The highest BCUT2D eigenvalue weighted by molar-refractivity contribution is 7.80. The Labute approximate surface area is 142 Å². The molecular formula is C17H24N4OS. The summed E-state index contributed by atoms with van der Waals surface area (Å²) in [6, 6.07) is 4.23. The molecule has 124 valence electrons. The summed E-state index contributed by atoms with van der Waals surface area (Å²) in [5.41, 5.74) is 4.57. The summed E-state index contributed by atoms with van der Waals surface area (Å²) in [5, 5.41) is 0. The molecule has 2 aromatic rings. The average Bonchev–Trinajstić information content (AvgIpc) is 2.83. The third-order valence-electron chi connectivity index (χ3n) is 4.50. The molecule has 1 amide bonds. The van der Waals surface area contributed by atoms with Crippen LogP contribution in [0, 0.1) is 13.8 Å². The maximum atomic E-state index is 11.9. The molecule has 6 heteroatoms. The molecule has 1 aliphatic rings. The van der Waals surface area contributed by atoms with E-state index < -0.39 is 0 Å². The van der Waals surface area contributed by atoms with E-state index in [1.165, 1.54) is 11.3 Å². The van der Waals surface area contributed by atoms with Gasteiger partial charge in [-0.15, -0.1) is 0 Å². The second-order valence-electron chi connectivity index (χ2n) is 6.21. The molecule has 1 fully saturated rings. The standard InChI is InChI=1S/C17H24N4OS/c1-13-3-5-21-15(14(2)18-16(21)11-13)12-19-6-8-20(9-7-19)17(22)4-10-23/h3,5,11,23H,4,6-10,12H2,1-2H3. The largest absolute Gasteiger partial charge is 0.340 e. The predicted octanol–water partition coefficient (Wildman–Crippen LogP) is 1.92. The van der Waals surface area contributed by atoms with Crippen molar-refractivity contribution < 1.29 is 4.79 Å². The van der Waals surface area contributed by atoms with Crippen LogP contribution in [-0.4, -0.2) is 57.0 Å². The van der Waals surface area contributed by atoms with Crippen LogP contribution in [0.2, 0.25) is 0 Å². The number of hydrogen-bond donors (Lipinski definition) is 1. The number of carbonyl (C=O) groups excluding carboxylic acids is 1. The molecule has 0 aromatic carbocycles. The maximum absolute atomic E-state index is 11.9. The van der Waals surface area contributed by atoms with Crippen molar-refractivity contribution in [3.63, 3.8) is 0 Å². The highest BCUT2D eigenvalue weighted by Gasteiger charge is 2.22. The Kier molecular flexibility index (Phi) is 4.92. The fraction of sp³-hybridized carbons (Fsp3) is 0.529. The summed E-state index contributed by atoms with van der Waals surface area (Å²) in [7, 11) is 0. The van der Waals surface area contributed by atoms with E-state index in [2.05, 4.69) is 59.1 Å². The summed E-state index contributed by atoms with van der Waals surface area (Å²) in [6.07, 6.45) is 2.64. The minimum Gasteiger partial charge on any atom is -0.340 e. The van der Waals surface area contributed by atoms with Gasteiger partial charge in [0.05, 0.1) is 11.4 Å². The van der Waals surface area contributed by atoms with Gasteiger partial charge in [-0.25, -0.2) is 4.98 Å². The third kappa shape index (κ3) is 3.53. The number of amides is 1. The minimum absolute atomic E-state index is 0.223. The van der Waals surface area contributed by atoms with Gasteiger partial charge in [-0.05, 0) is 37.3 Å². The number of nitrogens with zero attached hydrogens (tertiary/aromatic N) is 4. The van der Waals surface area contributed by atoms with E-state index in [0.717, 1.165) is 44.1 Å². The van der Waals surface area contributed by atoms with Crippen LogP contribution >= 0.6 is 12.6 Å². The molecule has 2 aromatic heterocycles. The van der Waals surface area contributed by atoms with Gasteiger partial charge in [0.25, 0.3) is 0 Å². The Balaban J connectivity index is 1.67. The number of thiol groups is 1. The summed E-state index contributed by atoms with van der Waals surface area (Å²) in [5.74, 6) is 0.848. The van der Waals surface area contributed by atoms with Gasteiger partial charge in [-0.2, -0.15) is 12.6 Å². The normalized spacial score (nSPS) is 16.2. The highest BCUT2D eigenvalue weighted by Crippen LogP contribution is 2.16. The number of aryl methyl sites for hydroxylation is 2. The van der Waals surface area contributed by atoms with Crippen molar-refractivity contribution >= 4 is 24.2 Å². The second-order valence-corrected chi connectivity index (χ2v) is 6.65. The summed E-state index contributed by atoms with van der Waals surface area (Å²) >= 11 is 4.14. The van der Waals surface area contributed by atoms with Gasteiger partial charge in [0.1, 0.15) is 5.65 Å². The number of pyridine rings is 1. The smallest absolute Gasteiger partial charge is 0.223 e. The summed E-state index contributed by atoms with van der Waals surface area (Å²) in [6.45, 7) is 8.48. The zero-order valence-electron chi connectivity index (χ0n) is 13.8. The zero-order valence-corrected chi connectivity index (χ0v) is 14.7. The van der Waals surface area contributed by atoms with Crippen molar-refractivity contribution in [2.24, 2.45) is 0 Å². The molecule has 0 saturated carbocycles. The molecule has 3 heterocycles. The first-order chi connectivity index (χ1) is 11.1. The number of imidazole rings is 1. The van der Waals surface area contributed by atoms with Crippen molar-refractivity contribution in [2.45, 2.75) is 26.8 Å². The van der Waals surface area contributed by atoms with Crippen LogP contribution in [0.1, 0.15) is 23.4 Å². The fourth-order valence-electron chi connectivity index (χ4n) is 3.13.